The van der Waals surface area contributed by atoms with E-state index in [4.69, 9.17) is 5.41 Å². The number of nitrogens with one attached hydrogen (secondary N) is 2. The molecule has 1 aromatic rings. The van der Waals surface area contributed by atoms with Crippen LogP contribution in [0.5, 0.6) is 0 Å². The van der Waals surface area contributed by atoms with Crippen molar-refractivity contribution in [3.63, 3.8) is 0 Å². The smallest absolute Gasteiger partial charge is 0.280 e. The zero-order valence-electron chi connectivity index (χ0n) is 18.2. The van der Waals surface area contributed by atoms with Crippen LogP contribution in [-0.4, -0.2) is 42.1 Å². The number of nitrogens with zero attached hydrogens (tertiary/aromatic N) is 1. The van der Waals surface area contributed by atoms with Gasteiger partial charge in [-0.25, -0.2) is 8.78 Å². The van der Waals surface area contributed by atoms with E-state index in [1.54, 1.807) is 6.92 Å². The van der Waals surface area contributed by atoms with Crippen LogP contribution in [0.15, 0.2) is 36.3 Å². The molecule has 1 atom stereocenters. The van der Waals surface area contributed by atoms with Crippen molar-refractivity contribution < 1.29 is 18.0 Å². The average molecular weight is 422 g/mol. The first-order valence-electron chi connectivity index (χ1n) is 10.1. The summed E-state index contributed by atoms with van der Waals surface area (Å²) >= 11 is 0. The molecule has 1 unspecified atom stereocenters. The molecule has 7 heteroatoms. The topological polar surface area (TPSA) is 56.2 Å². The number of hydrogen-bond acceptors (Lipinski definition) is 3. The minimum Gasteiger partial charge on any atom is -0.364 e. The van der Waals surface area contributed by atoms with E-state index in [-0.39, 0.29) is 6.04 Å². The summed E-state index contributed by atoms with van der Waals surface area (Å²) in [6, 6.07) is 5.32. The lowest BCUT2D eigenvalue weighted by atomic mass is 9.91. The monoisotopic (exact) mass is 421 g/mol. The van der Waals surface area contributed by atoms with Crippen LogP contribution < -0.4 is 5.32 Å². The minimum absolute atomic E-state index is 0.192. The van der Waals surface area contributed by atoms with E-state index in [0.29, 0.717) is 24.3 Å². The highest BCUT2D eigenvalue weighted by molar-refractivity contribution is 6.22. The van der Waals surface area contributed by atoms with Gasteiger partial charge in [0, 0.05) is 13.1 Å². The van der Waals surface area contributed by atoms with Gasteiger partial charge in [-0.05, 0) is 54.9 Å². The Kier molecular flexibility index (Phi) is 7.50. The normalized spacial score (nSPS) is 15.7. The fourth-order valence-corrected chi connectivity index (χ4v) is 3.44. The highest BCUT2D eigenvalue weighted by Gasteiger charge is 2.41. The van der Waals surface area contributed by atoms with Crippen molar-refractivity contribution in [3.05, 3.63) is 53.0 Å². The standard InChI is InChI=1S/C23H30F3N3O/c1-12(2)16-8-7-13(3)18(11-16)14(4)15(5)29(17-9-10-17)23(30)19(22(26)28-6)20(27)21(24)25/h7-8,11-12,15,17,21,27-28H,4,9-10H2,1-3,5-6H3/b22-19+,27-20?. The molecule has 1 aliphatic carbocycles. The minimum atomic E-state index is -3.26. The Morgan fingerprint density at radius 3 is 2.33 bits per heavy atom. The second-order valence-electron chi connectivity index (χ2n) is 8.03. The van der Waals surface area contributed by atoms with E-state index in [9.17, 15) is 18.0 Å². The molecule has 2 N–H and O–H groups in total. The molecule has 0 heterocycles. The zero-order chi connectivity index (χ0) is 22.7. The molecule has 1 aromatic carbocycles. The summed E-state index contributed by atoms with van der Waals surface area (Å²) in [6.45, 7) is 12.0. The van der Waals surface area contributed by atoms with Gasteiger partial charge >= 0.3 is 0 Å². The zero-order valence-corrected chi connectivity index (χ0v) is 18.2. The van der Waals surface area contributed by atoms with Gasteiger partial charge in [-0.2, -0.15) is 4.39 Å². The van der Waals surface area contributed by atoms with Crippen LogP contribution in [0, 0.1) is 12.3 Å². The van der Waals surface area contributed by atoms with Gasteiger partial charge in [-0.1, -0.05) is 38.6 Å². The number of aryl methyl sites for hydroxylation is 1. The Balaban J connectivity index is 2.45. The molecular weight excluding hydrogens is 391 g/mol. The largest absolute Gasteiger partial charge is 0.364 e. The maximum atomic E-state index is 14.3. The quantitative estimate of drug-likeness (QED) is 0.327. The van der Waals surface area contributed by atoms with E-state index in [0.717, 1.165) is 16.7 Å². The Labute approximate surface area is 176 Å². The fourth-order valence-electron chi connectivity index (χ4n) is 3.44. The van der Waals surface area contributed by atoms with Crippen molar-refractivity contribution >= 4 is 17.2 Å². The van der Waals surface area contributed by atoms with Crippen LogP contribution >= 0.6 is 0 Å². The lowest BCUT2D eigenvalue weighted by molar-refractivity contribution is -0.128. The van der Waals surface area contributed by atoms with Gasteiger partial charge in [0.25, 0.3) is 12.3 Å². The van der Waals surface area contributed by atoms with Crippen LogP contribution in [0.4, 0.5) is 13.2 Å². The number of carbonyl (C=O) groups excluding carboxylic acids is 1. The van der Waals surface area contributed by atoms with Gasteiger partial charge in [0.2, 0.25) is 5.95 Å². The molecule has 2 rings (SSSR count). The number of hydrogen-bond donors (Lipinski definition) is 2. The lowest BCUT2D eigenvalue weighted by Crippen LogP contribution is -2.44. The number of rotatable bonds is 9. The van der Waals surface area contributed by atoms with E-state index < -0.39 is 35.6 Å². The summed E-state index contributed by atoms with van der Waals surface area (Å²) in [7, 11) is 1.19. The molecule has 1 amide bonds. The van der Waals surface area contributed by atoms with E-state index in [2.05, 4.69) is 25.7 Å². The number of halogens is 3. The first-order valence-corrected chi connectivity index (χ1v) is 10.1. The summed E-state index contributed by atoms with van der Waals surface area (Å²) in [5, 5.41) is 9.68. The molecule has 1 saturated carbocycles. The maximum Gasteiger partial charge on any atom is 0.280 e. The van der Waals surface area contributed by atoms with Gasteiger partial charge < -0.3 is 10.2 Å². The molecule has 0 saturated heterocycles. The summed E-state index contributed by atoms with van der Waals surface area (Å²) in [4.78, 5) is 14.6. The molecular formula is C23H30F3N3O. The Morgan fingerprint density at radius 1 is 1.27 bits per heavy atom. The van der Waals surface area contributed by atoms with Crippen molar-refractivity contribution in [3.8, 4) is 0 Å². The van der Waals surface area contributed by atoms with Gasteiger partial charge in [0.05, 0.1) is 6.04 Å². The summed E-state index contributed by atoms with van der Waals surface area (Å²) in [5.74, 6) is -1.84. The molecule has 4 nitrogen and oxygen atoms in total. The predicted octanol–water partition coefficient (Wildman–Crippen LogP) is 5.20. The van der Waals surface area contributed by atoms with Crippen molar-refractivity contribution in [1.29, 1.82) is 5.41 Å². The Bertz CT molecular complexity index is 872. The fraction of sp³-hybridized carbons (Fsp3) is 0.478. The third-order valence-electron chi connectivity index (χ3n) is 5.51. The van der Waals surface area contributed by atoms with Crippen LogP contribution in [0.3, 0.4) is 0 Å². The van der Waals surface area contributed by atoms with Crippen molar-refractivity contribution in [2.45, 2.75) is 65.0 Å². The first kappa shape index (κ1) is 23.7. The second-order valence-corrected chi connectivity index (χ2v) is 8.03. The van der Waals surface area contributed by atoms with Crippen LogP contribution in [0.2, 0.25) is 0 Å². The van der Waals surface area contributed by atoms with Gasteiger partial charge in [0.1, 0.15) is 11.3 Å². The molecule has 0 aromatic heterocycles. The maximum absolute atomic E-state index is 14.3. The molecule has 0 aliphatic heterocycles. The SMILES string of the molecule is C=C(c1cc(C(C)C)ccc1C)C(C)N(C(=O)/C(C(=N)C(F)F)=C(\F)NC)C1CC1. The number of amides is 1. The van der Waals surface area contributed by atoms with E-state index >= 15 is 0 Å². The van der Waals surface area contributed by atoms with Crippen molar-refractivity contribution in [2.75, 3.05) is 7.05 Å². The number of benzene rings is 1. The Morgan fingerprint density at radius 2 is 1.87 bits per heavy atom. The molecule has 0 radical (unpaired) electrons. The van der Waals surface area contributed by atoms with E-state index in [1.165, 1.54) is 11.9 Å². The highest BCUT2D eigenvalue weighted by Crippen LogP contribution is 2.36. The van der Waals surface area contributed by atoms with Crippen molar-refractivity contribution in [2.24, 2.45) is 0 Å². The van der Waals surface area contributed by atoms with Gasteiger partial charge in [-0.3, -0.25) is 10.2 Å². The summed E-state index contributed by atoms with van der Waals surface area (Å²) in [6.07, 6.45) is -1.86. The molecule has 164 valence electrons. The second kappa shape index (κ2) is 9.49. The summed E-state index contributed by atoms with van der Waals surface area (Å²) in [5.41, 5.74) is 1.39. The van der Waals surface area contributed by atoms with Crippen molar-refractivity contribution in [1.82, 2.24) is 10.2 Å². The third-order valence-corrected chi connectivity index (χ3v) is 5.51. The third kappa shape index (κ3) is 4.94. The lowest BCUT2D eigenvalue weighted by Gasteiger charge is -2.32. The summed E-state index contributed by atoms with van der Waals surface area (Å²) < 4.78 is 40.7. The van der Waals surface area contributed by atoms with Crippen LogP contribution in [-0.2, 0) is 4.79 Å². The van der Waals surface area contributed by atoms with Gasteiger partial charge in [-0.15, -0.1) is 0 Å². The predicted molar refractivity (Wildman–Crippen MR) is 115 cm³/mol. The average Bonchev–Trinajstić information content (AvgIpc) is 3.52. The number of carbonyl (C=O) groups is 1. The van der Waals surface area contributed by atoms with Crippen LogP contribution in [0.25, 0.3) is 5.57 Å². The molecule has 1 aliphatic rings. The van der Waals surface area contributed by atoms with Crippen LogP contribution in [0.1, 0.15) is 56.2 Å². The van der Waals surface area contributed by atoms with E-state index in [1.807, 2.05) is 25.1 Å². The van der Waals surface area contributed by atoms with Gasteiger partial charge in [0.15, 0.2) is 0 Å². The highest BCUT2D eigenvalue weighted by atomic mass is 19.3. The molecule has 1 fully saturated rings. The Hall–Kier alpha value is -2.57. The first-order chi connectivity index (χ1) is 14.0. The molecule has 0 spiro atoms. The number of alkyl halides is 2. The molecule has 30 heavy (non-hydrogen) atoms. The molecule has 0 bridgehead atoms.